The number of H-pyrrole nitrogens is 1. The average molecular weight is 256 g/mol. The molecule has 98 valence electrons. The molecule has 3 rings (SSSR count). The minimum absolute atomic E-state index is 0.430. The van der Waals surface area contributed by atoms with Gasteiger partial charge in [0.25, 0.3) is 0 Å². The number of hydrogen-bond acceptors (Lipinski definition) is 3. The number of nitrogens with zero attached hydrogens (tertiary/aromatic N) is 1. The van der Waals surface area contributed by atoms with Crippen molar-refractivity contribution in [2.24, 2.45) is 4.99 Å². The zero-order valence-corrected chi connectivity index (χ0v) is 11.1. The van der Waals surface area contributed by atoms with Gasteiger partial charge in [-0.15, -0.1) is 0 Å². The molecule has 0 radical (unpaired) electrons. The first-order valence-electron chi connectivity index (χ1n) is 6.45. The van der Waals surface area contributed by atoms with Crippen molar-refractivity contribution in [3.05, 3.63) is 29.5 Å². The quantitative estimate of drug-likeness (QED) is 0.677. The maximum Gasteiger partial charge on any atom is 0.235 e. The molecule has 0 amide bonds. The van der Waals surface area contributed by atoms with E-state index in [1.54, 1.807) is 13.2 Å². The van der Waals surface area contributed by atoms with Crippen molar-refractivity contribution in [2.75, 3.05) is 7.11 Å². The van der Waals surface area contributed by atoms with E-state index < -0.39 is 5.54 Å². The Balaban J connectivity index is 2.23. The Morgan fingerprint density at radius 1 is 1.37 bits per heavy atom. The van der Waals surface area contributed by atoms with Gasteiger partial charge in [0.05, 0.1) is 7.11 Å². The summed E-state index contributed by atoms with van der Waals surface area (Å²) in [7, 11) is 1.65. The average Bonchev–Trinajstić information content (AvgIpc) is 2.71. The maximum atomic E-state index is 10.7. The second kappa shape index (κ2) is 4.25. The number of rotatable bonds is 3. The SMILES string of the molecule is COc1cc2cc(C)[nH]c2cc1C1(N=C=O)CCC1. The van der Waals surface area contributed by atoms with Crippen LogP contribution in [-0.4, -0.2) is 18.2 Å². The first kappa shape index (κ1) is 12.0. The highest BCUT2D eigenvalue weighted by atomic mass is 16.5. The second-order valence-electron chi connectivity index (χ2n) is 5.18. The third kappa shape index (κ3) is 1.76. The van der Waals surface area contributed by atoms with E-state index in [-0.39, 0.29) is 0 Å². The minimum Gasteiger partial charge on any atom is -0.496 e. The molecule has 1 aromatic heterocycles. The van der Waals surface area contributed by atoms with Crippen LogP contribution in [0.25, 0.3) is 10.9 Å². The Morgan fingerprint density at radius 2 is 2.16 bits per heavy atom. The molecular formula is C15H16N2O2. The van der Waals surface area contributed by atoms with Gasteiger partial charge in [0.2, 0.25) is 6.08 Å². The highest BCUT2D eigenvalue weighted by Crippen LogP contribution is 2.48. The smallest absolute Gasteiger partial charge is 0.235 e. The van der Waals surface area contributed by atoms with Gasteiger partial charge in [-0.2, -0.15) is 4.99 Å². The van der Waals surface area contributed by atoms with Crippen LogP contribution in [0.3, 0.4) is 0 Å². The predicted molar refractivity (Wildman–Crippen MR) is 73.2 cm³/mol. The summed E-state index contributed by atoms with van der Waals surface area (Å²) in [5, 5.41) is 1.11. The lowest BCUT2D eigenvalue weighted by molar-refractivity contribution is 0.246. The molecule has 0 unspecified atom stereocenters. The number of benzene rings is 1. The normalized spacial score (nSPS) is 16.7. The fourth-order valence-corrected chi connectivity index (χ4v) is 2.88. The Hall–Kier alpha value is -2.06. The lowest BCUT2D eigenvalue weighted by Crippen LogP contribution is -2.32. The standard InChI is InChI=1S/C15H16N2O2/c1-10-6-11-7-14(19-2)12(8-13(11)17-10)15(16-9-18)4-3-5-15/h6-8,17H,3-5H2,1-2H3. The zero-order valence-electron chi connectivity index (χ0n) is 11.1. The Labute approximate surface area is 111 Å². The number of aliphatic imine (C=N–C) groups is 1. The summed E-state index contributed by atoms with van der Waals surface area (Å²) < 4.78 is 5.49. The Morgan fingerprint density at radius 3 is 2.74 bits per heavy atom. The van der Waals surface area contributed by atoms with E-state index in [0.717, 1.165) is 47.2 Å². The molecule has 1 saturated carbocycles. The summed E-state index contributed by atoms with van der Waals surface area (Å²) in [6.45, 7) is 2.02. The van der Waals surface area contributed by atoms with Crippen LogP contribution >= 0.6 is 0 Å². The molecule has 0 saturated heterocycles. The van der Waals surface area contributed by atoms with Crippen LogP contribution in [0, 0.1) is 6.92 Å². The molecule has 0 spiro atoms. The van der Waals surface area contributed by atoms with Crippen molar-refractivity contribution in [1.82, 2.24) is 4.98 Å². The molecule has 2 aromatic rings. The van der Waals surface area contributed by atoms with Gasteiger partial charge in [0.15, 0.2) is 0 Å². The molecule has 1 heterocycles. The van der Waals surface area contributed by atoms with Crippen LogP contribution in [0.5, 0.6) is 5.75 Å². The fourth-order valence-electron chi connectivity index (χ4n) is 2.88. The molecule has 0 aliphatic heterocycles. The summed E-state index contributed by atoms with van der Waals surface area (Å²) in [4.78, 5) is 18.1. The number of nitrogens with one attached hydrogen (secondary N) is 1. The molecule has 0 atom stereocenters. The number of aromatic nitrogens is 1. The molecule has 1 aromatic carbocycles. The number of aromatic amines is 1. The van der Waals surface area contributed by atoms with Crippen LogP contribution in [0.2, 0.25) is 0 Å². The third-order valence-electron chi connectivity index (χ3n) is 4.02. The van der Waals surface area contributed by atoms with Gasteiger partial charge >= 0.3 is 0 Å². The summed E-state index contributed by atoms with van der Waals surface area (Å²) >= 11 is 0. The monoisotopic (exact) mass is 256 g/mol. The highest BCUT2D eigenvalue weighted by molar-refractivity contribution is 5.83. The third-order valence-corrected chi connectivity index (χ3v) is 4.02. The molecule has 4 nitrogen and oxygen atoms in total. The largest absolute Gasteiger partial charge is 0.496 e. The lowest BCUT2D eigenvalue weighted by Gasteiger charge is -2.37. The second-order valence-corrected chi connectivity index (χ2v) is 5.18. The number of carbonyl (C=O) groups excluding carboxylic acids is 1. The number of aryl methyl sites for hydroxylation is 1. The van der Waals surface area contributed by atoms with Crippen LogP contribution in [0.4, 0.5) is 0 Å². The van der Waals surface area contributed by atoms with Crippen LogP contribution in [0.1, 0.15) is 30.5 Å². The van der Waals surface area contributed by atoms with Gasteiger partial charge in [-0.05, 0) is 44.4 Å². The van der Waals surface area contributed by atoms with Crippen molar-refractivity contribution < 1.29 is 9.53 Å². The van der Waals surface area contributed by atoms with Crippen molar-refractivity contribution in [2.45, 2.75) is 31.7 Å². The van der Waals surface area contributed by atoms with E-state index in [0.29, 0.717) is 0 Å². The number of methoxy groups -OCH3 is 1. The van der Waals surface area contributed by atoms with Gasteiger partial charge in [-0.1, -0.05) is 0 Å². The summed E-state index contributed by atoms with van der Waals surface area (Å²) in [5.74, 6) is 0.796. The molecule has 1 aliphatic rings. The summed E-state index contributed by atoms with van der Waals surface area (Å²) in [5.41, 5.74) is 2.72. The van der Waals surface area contributed by atoms with Crippen LogP contribution in [0.15, 0.2) is 23.2 Å². The van der Waals surface area contributed by atoms with E-state index in [4.69, 9.17) is 4.74 Å². The highest BCUT2D eigenvalue weighted by Gasteiger charge is 2.41. The molecule has 19 heavy (non-hydrogen) atoms. The number of fused-ring (bicyclic) bond motifs is 1. The summed E-state index contributed by atoms with van der Waals surface area (Å²) in [6.07, 6.45) is 4.56. The maximum absolute atomic E-state index is 10.7. The number of ether oxygens (including phenoxy) is 1. The summed E-state index contributed by atoms with van der Waals surface area (Å²) in [6, 6.07) is 6.15. The van der Waals surface area contributed by atoms with E-state index in [9.17, 15) is 4.79 Å². The van der Waals surface area contributed by atoms with Gasteiger partial charge < -0.3 is 9.72 Å². The van der Waals surface area contributed by atoms with Crippen LogP contribution in [-0.2, 0) is 10.3 Å². The van der Waals surface area contributed by atoms with E-state index in [2.05, 4.69) is 22.1 Å². The molecule has 1 aliphatic carbocycles. The van der Waals surface area contributed by atoms with Crippen molar-refractivity contribution >= 4 is 17.0 Å². The molecule has 1 N–H and O–H groups in total. The number of isocyanates is 1. The molecular weight excluding hydrogens is 240 g/mol. The number of hydrogen-bond donors (Lipinski definition) is 1. The fraction of sp³-hybridized carbons (Fsp3) is 0.400. The predicted octanol–water partition coefficient (Wildman–Crippen LogP) is 3.20. The first-order valence-corrected chi connectivity index (χ1v) is 6.45. The van der Waals surface area contributed by atoms with Gasteiger partial charge in [-0.3, -0.25) is 0 Å². The Bertz CT molecular complexity index is 677. The molecule has 4 heteroatoms. The zero-order chi connectivity index (χ0) is 13.5. The van der Waals surface area contributed by atoms with Gasteiger partial charge in [0.1, 0.15) is 11.3 Å². The van der Waals surface area contributed by atoms with E-state index in [1.807, 2.05) is 13.0 Å². The van der Waals surface area contributed by atoms with Crippen molar-refractivity contribution in [1.29, 1.82) is 0 Å². The van der Waals surface area contributed by atoms with E-state index in [1.165, 1.54) is 0 Å². The topological polar surface area (TPSA) is 54.4 Å². The van der Waals surface area contributed by atoms with Gasteiger partial charge in [0, 0.05) is 22.2 Å². The van der Waals surface area contributed by atoms with E-state index >= 15 is 0 Å². The molecule has 0 bridgehead atoms. The first-order chi connectivity index (χ1) is 9.18. The lowest BCUT2D eigenvalue weighted by atomic mass is 9.72. The van der Waals surface area contributed by atoms with Crippen LogP contribution < -0.4 is 4.74 Å². The minimum atomic E-state index is -0.430. The van der Waals surface area contributed by atoms with Crippen molar-refractivity contribution in [3.8, 4) is 5.75 Å². The molecule has 1 fully saturated rings. The Kier molecular flexibility index (Phi) is 2.68. The van der Waals surface area contributed by atoms with Crippen molar-refractivity contribution in [3.63, 3.8) is 0 Å². The van der Waals surface area contributed by atoms with Gasteiger partial charge in [-0.25, -0.2) is 4.79 Å².